The molecule has 1 rings (SSSR count). The Morgan fingerprint density at radius 1 is 0.690 bits per heavy atom. The smallest absolute Gasteiger partial charge is 0.123 e. The molecule has 0 radical (unpaired) electrons. The van der Waals surface area contributed by atoms with E-state index in [0.29, 0.717) is 6.61 Å². The van der Waals surface area contributed by atoms with Crippen molar-refractivity contribution < 1.29 is 4.74 Å². The van der Waals surface area contributed by atoms with Crippen LogP contribution in [0.25, 0.3) is 0 Å². The summed E-state index contributed by atoms with van der Waals surface area (Å²) >= 11 is 8.66. The Kier molecular flexibility index (Phi) is 18.1. The molecule has 0 amide bonds. The minimum atomic E-state index is 0.659. The minimum Gasteiger partial charge on any atom is -0.492 e. The zero-order valence-electron chi connectivity index (χ0n) is 19.0. The van der Waals surface area contributed by atoms with E-state index in [1.807, 2.05) is 6.07 Å². The molecule has 0 aliphatic rings. The molecule has 0 unspecified atom stereocenters. The molecule has 0 spiro atoms. The Labute approximate surface area is 192 Å². The molecule has 0 fully saturated rings. The lowest BCUT2D eigenvalue weighted by Gasteiger charge is -2.11. The van der Waals surface area contributed by atoms with Crippen LogP contribution in [-0.4, -0.2) is 12.4 Å². The van der Waals surface area contributed by atoms with Gasteiger partial charge < -0.3 is 4.74 Å². The fourth-order valence-electron chi connectivity index (χ4n) is 3.90. The van der Waals surface area contributed by atoms with E-state index in [2.05, 4.69) is 44.3 Å². The Balaban J connectivity index is 1.91. The van der Waals surface area contributed by atoms with Crippen LogP contribution in [0.5, 0.6) is 5.75 Å². The van der Waals surface area contributed by atoms with E-state index >= 15 is 0 Å². The van der Waals surface area contributed by atoms with Crippen molar-refractivity contribution in [1.82, 2.24) is 0 Å². The molecule has 1 aromatic carbocycles. The minimum absolute atomic E-state index is 0.659. The lowest BCUT2D eigenvalue weighted by molar-refractivity contribution is 0.339. The number of rotatable bonds is 20. The van der Waals surface area contributed by atoms with Gasteiger partial charge in [0, 0.05) is 10.6 Å². The van der Waals surface area contributed by atoms with Crippen LogP contribution in [0.1, 0.15) is 115 Å². The highest BCUT2D eigenvalue weighted by molar-refractivity contribution is 7.80. The number of hydrogen-bond acceptors (Lipinski definition) is 3. The molecule has 0 aliphatic carbocycles. The van der Waals surface area contributed by atoms with Gasteiger partial charge >= 0.3 is 0 Å². The van der Waals surface area contributed by atoms with Gasteiger partial charge in [-0.25, -0.2) is 0 Å². The van der Waals surface area contributed by atoms with Crippen LogP contribution in [0.4, 0.5) is 0 Å². The van der Waals surface area contributed by atoms with Gasteiger partial charge in [-0.3, -0.25) is 0 Å². The predicted molar refractivity (Wildman–Crippen MR) is 136 cm³/mol. The largest absolute Gasteiger partial charge is 0.492 e. The molecule has 0 saturated carbocycles. The summed E-state index contributed by atoms with van der Waals surface area (Å²) in [7, 11) is 0. The Hall–Kier alpha value is -0.280. The van der Waals surface area contributed by atoms with Crippen LogP contribution >= 0.6 is 25.3 Å². The van der Waals surface area contributed by atoms with Gasteiger partial charge in [-0.15, -0.1) is 12.6 Å². The number of ether oxygens (including phenoxy) is 1. The topological polar surface area (TPSA) is 9.23 Å². The number of hydrogen-bond donors (Lipinski definition) is 2. The predicted octanol–water partition coefficient (Wildman–Crippen LogP) is 9.09. The van der Waals surface area contributed by atoms with E-state index in [0.717, 1.165) is 22.8 Å². The van der Waals surface area contributed by atoms with Crippen molar-refractivity contribution in [2.75, 3.05) is 12.4 Å². The van der Waals surface area contributed by atoms with E-state index < -0.39 is 0 Å². The molecule has 0 aromatic heterocycles. The van der Waals surface area contributed by atoms with E-state index in [9.17, 15) is 0 Å². The molecule has 1 aromatic rings. The average molecular weight is 439 g/mol. The first-order valence-corrected chi connectivity index (χ1v) is 13.4. The number of thiol groups is 2. The van der Waals surface area contributed by atoms with Crippen LogP contribution in [-0.2, 0) is 6.42 Å². The van der Waals surface area contributed by atoms with Crippen LogP contribution in [0, 0.1) is 0 Å². The van der Waals surface area contributed by atoms with Gasteiger partial charge in [-0.1, -0.05) is 109 Å². The number of benzene rings is 1. The first-order valence-electron chi connectivity index (χ1n) is 12.3. The van der Waals surface area contributed by atoms with Crippen molar-refractivity contribution in [2.24, 2.45) is 0 Å². The average Bonchev–Trinajstić information content (AvgIpc) is 2.73. The summed E-state index contributed by atoms with van der Waals surface area (Å²) in [6, 6.07) is 6.27. The Bertz CT molecular complexity index is 490. The molecule has 0 N–H and O–H groups in total. The molecular weight excluding hydrogens is 392 g/mol. The van der Waals surface area contributed by atoms with Crippen molar-refractivity contribution in [3.8, 4) is 5.75 Å². The molecule has 1 nitrogen and oxygen atoms in total. The van der Waals surface area contributed by atoms with Gasteiger partial charge in [0.05, 0.1) is 6.61 Å². The van der Waals surface area contributed by atoms with Crippen molar-refractivity contribution in [3.63, 3.8) is 0 Å². The summed E-state index contributed by atoms with van der Waals surface area (Å²) in [5.74, 6) is 1.74. The highest BCUT2D eigenvalue weighted by Gasteiger charge is 2.04. The Morgan fingerprint density at radius 2 is 1.17 bits per heavy atom. The normalized spacial score (nSPS) is 11.1. The standard InChI is InChI=1S/C26H46OS2/c1-2-3-4-5-6-7-8-9-10-11-12-13-14-15-16-17-18-24-19-20-25(29)23-26(24)27-21-22-28/h19-20,23,28-29H,2-18,21-22H2,1H3. The van der Waals surface area contributed by atoms with Crippen LogP contribution in [0.2, 0.25) is 0 Å². The molecule has 0 atom stereocenters. The second kappa shape index (κ2) is 19.7. The summed E-state index contributed by atoms with van der Waals surface area (Å²) in [5, 5.41) is 0. The molecule has 0 bridgehead atoms. The van der Waals surface area contributed by atoms with Gasteiger partial charge in [0.15, 0.2) is 0 Å². The first-order chi connectivity index (χ1) is 14.3. The monoisotopic (exact) mass is 438 g/mol. The highest BCUT2D eigenvalue weighted by atomic mass is 32.1. The third-order valence-electron chi connectivity index (χ3n) is 5.70. The van der Waals surface area contributed by atoms with E-state index in [4.69, 9.17) is 4.74 Å². The fourth-order valence-corrected chi connectivity index (χ4v) is 4.19. The third-order valence-corrected chi connectivity index (χ3v) is 6.16. The summed E-state index contributed by atoms with van der Waals surface area (Å²) in [4.78, 5) is 0.967. The number of unbranched alkanes of at least 4 members (excludes halogenated alkanes) is 15. The summed E-state index contributed by atoms with van der Waals surface area (Å²) in [6.07, 6.45) is 23.7. The van der Waals surface area contributed by atoms with E-state index in [1.54, 1.807) is 0 Å². The van der Waals surface area contributed by atoms with Crippen molar-refractivity contribution in [2.45, 2.75) is 121 Å². The summed E-state index contributed by atoms with van der Waals surface area (Å²) in [5.41, 5.74) is 1.31. The molecule has 29 heavy (non-hydrogen) atoms. The number of aryl methyl sites for hydroxylation is 1. The lowest BCUT2D eigenvalue weighted by atomic mass is 10.0. The first kappa shape index (κ1) is 26.8. The van der Waals surface area contributed by atoms with Gasteiger partial charge in [-0.05, 0) is 30.5 Å². The third kappa shape index (κ3) is 15.2. The van der Waals surface area contributed by atoms with Crippen LogP contribution in [0.15, 0.2) is 23.1 Å². The summed E-state index contributed by atoms with van der Waals surface area (Å²) in [6.45, 7) is 2.95. The quantitative estimate of drug-likeness (QED) is 0.152. The molecular formula is C26H46OS2. The van der Waals surface area contributed by atoms with Crippen molar-refractivity contribution in [1.29, 1.82) is 0 Å². The van der Waals surface area contributed by atoms with Gasteiger partial charge in [0.1, 0.15) is 5.75 Å². The molecule has 0 heterocycles. The van der Waals surface area contributed by atoms with Gasteiger partial charge in [0.25, 0.3) is 0 Å². The maximum Gasteiger partial charge on any atom is 0.123 e. The van der Waals surface area contributed by atoms with Crippen LogP contribution in [0.3, 0.4) is 0 Å². The van der Waals surface area contributed by atoms with Gasteiger partial charge in [-0.2, -0.15) is 12.6 Å². The lowest BCUT2D eigenvalue weighted by Crippen LogP contribution is -2.01. The van der Waals surface area contributed by atoms with Crippen molar-refractivity contribution >= 4 is 25.3 Å². The SMILES string of the molecule is CCCCCCCCCCCCCCCCCCc1ccc(S)cc1OCCS. The fraction of sp³-hybridized carbons (Fsp3) is 0.769. The van der Waals surface area contributed by atoms with Gasteiger partial charge in [0.2, 0.25) is 0 Å². The molecule has 0 aliphatic heterocycles. The maximum absolute atomic E-state index is 5.82. The molecule has 3 heteroatoms. The van der Waals surface area contributed by atoms with E-state index in [1.165, 1.54) is 108 Å². The van der Waals surface area contributed by atoms with Crippen LogP contribution < -0.4 is 4.74 Å². The highest BCUT2D eigenvalue weighted by Crippen LogP contribution is 2.25. The zero-order chi connectivity index (χ0) is 21.0. The second-order valence-electron chi connectivity index (χ2n) is 8.42. The summed E-state index contributed by atoms with van der Waals surface area (Å²) < 4.78 is 5.82. The Morgan fingerprint density at radius 3 is 1.66 bits per heavy atom. The van der Waals surface area contributed by atoms with E-state index in [-0.39, 0.29) is 0 Å². The second-order valence-corrected chi connectivity index (χ2v) is 9.38. The molecule has 0 saturated heterocycles. The maximum atomic E-state index is 5.82. The van der Waals surface area contributed by atoms with Crippen molar-refractivity contribution in [3.05, 3.63) is 23.8 Å². The molecule has 168 valence electrons. The zero-order valence-corrected chi connectivity index (χ0v) is 20.8.